The van der Waals surface area contributed by atoms with Crippen LogP contribution in [0.25, 0.3) is 5.65 Å². The lowest BCUT2D eigenvalue weighted by Gasteiger charge is -2.12. The minimum atomic E-state index is -0.780. The molecule has 0 aliphatic heterocycles. The third-order valence-electron chi connectivity index (χ3n) is 3.25. The van der Waals surface area contributed by atoms with Crippen molar-refractivity contribution < 1.29 is 13.6 Å². The molecule has 0 aliphatic carbocycles. The predicted octanol–water partition coefficient (Wildman–Crippen LogP) is 2.50. The molecule has 3 aromatic rings. The molecule has 1 atom stereocenters. The summed E-state index contributed by atoms with van der Waals surface area (Å²) in [5.74, 6) is -1.66. The van der Waals surface area contributed by atoms with E-state index in [2.05, 4.69) is 15.5 Å². The molecule has 0 saturated heterocycles. The number of rotatable bonds is 3. The molecule has 0 spiro atoms. The first-order chi connectivity index (χ1) is 10.6. The zero-order chi connectivity index (χ0) is 15.7. The normalized spacial score (nSPS) is 12.3. The average Bonchev–Trinajstić information content (AvgIpc) is 2.93. The van der Waals surface area contributed by atoms with Crippen LogP contribution in [0.2, 0.25) is 0 Å². The van der Waals surface area contributed by atoms with E-state index in [1.54, 1.807) is 29.7 Å². The number of fused-ring (bicyclic) bond motifs is 1. The third-order valence-corrected chi connectivity index (χ3v) is 3.25. The smallest absolute Gasteiger partial charge is 0.254 e. The molecule has 112 valence electrons. The topological polar surface area (TPSA) is 59.3 Å². The number of aromatic nitrogens is 3. The minimum absolute atomic E-state index is 0.347. The summed E-state index contributed by atoms with van der Waals surface area (Å²) >= 11 is 0. The first kappa shape index (κ1) is 14.1. The van der Waals surface area contributed by atoms with Gasteiger partial charge in [0.15, 0.2) is 11.5 Å². The lowest BCUT2D eigenvalue weighted by Crippen LogP contribution is -2.28. The Morgan fingerprint density at radius 3 is 2.86 bits per heavy atom. The van der Waals surface area contributed by atoms with Gasteiger partial charge >= 0.3 is 0 Å². The van der Waals surface area contributed by atoms with E-state index in [9.17, 15) is 13.6 Å². The first-order valence-electron chi connectivity index (χ1n) is 6.62. The number of amides is 1. The number of halogens is 2. The largest absolute Gasteiger partial charge is 0.342 e. The second-order valence-electron chi connectivity index (χ2n) is 4.81. The van der Waals surface area contributed by atoms with Crippen LogP contribution in [0.3, 0.4) is 0 Å². The number of carbonyl (C=O) groups excluding carboxylic acids is 1. The van der Waals surface area contributed by atoms with Crippen LogP contribution in [-0.2, 0) is 0 Å². The highest BCUT2D eigenvalue weighted by molar-refractivity contribution is 5.94. The molecule has 0 aliphatic rings. The van der Waals surface area contributed by atoms with Gasteiger partial charge in [-0.05, 0) is 37.3 Å². The molecule has 1 amide bonds. The van der Waals surface area contributed by atoms with Gasteiger partial charge in [0.2, 0.25) is 0 Å². The summed E-state index contributed by atoms with van der Waals surface area (Å²) in [5, 5.41) is 10.6. The Morgan fingerprint density at radius 2 is 2.05 bits per heavy atom. The number of nitrogens with one attached hydrogen (secondary N) is 1. The van der Waals surface area contributed by atoms with Crippen LogP contribution < -0.4 is 5.32 Å². The Morgan fingerprint density at radius 1 is 1.23 bits per heavy atom. The van der Waals surface area contributed by atoms with E-state index in [1.165, 1.54) is 0 Å². The zero-order valence-corrected chi connectivity index (χ0v) is 11.6. The third kappa shape index (κ3) is 2.52. The number of hydrogen-bond donors (Lipinski definition) is 1. The van der Waals surface area contributed by atoms with Crippen LogP contribution in [0.5, 0.6) is 0 Å². The molecule has 22 heavy (non-hydrogen) atoms. The lowest BCUT2D eigenvalue weighted by atomic mass is 10.1. The van der Waals surface area contributed by atoms with Gasteiger partial charge in [0.1, 0.15) is 11.6 Å². The molecule has 5 nitrogen and oxygen atoms in total. The summed E-state index contributed by atoms with van der Waals surface area (Å²) in [6, 6.07) is 7.62. The maximum atomic E-state index is 13.6. The monoisotopic (exact) mass is 302 g/mol. The lowest BCUT2D eigenvalue weighted by molar-refractivity contribution is 0.0933. The van der Waals surface area contributed by atoms with Gasteiger partial charge in [0.05, 0.1) is 11.6 Å². The Hall–Kier alpha value is -2.83. The van der Waals surface area contributed by atoms with Crippen molar-refractivity contribution >= 4 is 11.6 Å². The number of pyridine rings is 1. The maximum Gasteiger partial charge on any atom is 0.254 e. The first-order valence-corrected chi connectivity index (χ1v) is 6.62. The molecule has 0 saturated carbocycles. The van der Waals surface area contributed by atoms with Crippen LogP contribution in [0.15, 0.2) is 42.6 Å². The van der Waals surface area contributed by atoms with Gasteiger partial charge in [-0.2, -0.15) is 0 Å². The van der Waals surface area contributed by atoms with E-state index in [-0.39, 0.29) is 5.56 Å². The van der Waals surface area contributed by atoms with Crippen molar-refractivity contribution in [1.29, 1.82) is 0 Å². The van der Waals surface area contributed by atoms with E-state index >= 15 is 0 Å². The van der Waals surface area contributed by atoms with Crippen LogP contribution in [0.4, 0.5) is 8.78 Å². The Labute approximate surface area is 124 Å². The number of benzene rings is 1. The van der Waals surface area contributed by atoms with E-state index < -0.39 is 23.6 Å². The zero-order valence-electron chi connectivity index (χ0n) is 11.6. The molecule has 1 N–H and O–H groups in total. The molecule has 0 radical (unpaired) electrons. The molecule has 0 unspecified atom stereocenters. The summed E-state index contributed by atoms with van der Waals surface area (Å²) in [6.45, 7) is 1.69. The number of nitrogens with zero attached hydrogens (tertiary/aromatic N) is 3. The molecule has 0 fully saturated rings. The van der Waals surface area contributed by atoms with Gasteiger partial charge in [-0.15, -0.1) is 10.2 Å². The van der Waals surface area contributed by atoms with E-state index in [0.717, 1.165) is 18.2 Å². The second kappa shape index (κ2) is 5.51. The van der Waals surface area contributed by atoms with Crippen molar-refractivity contribution in [3.63, 3.8) is 0 Å². The van der Waals surface area contributed by atoms with Gasteiger partial charge in [-0.3, -0.25) is 9.20 Å². The number of carbonyl (C=O) groups is 1. The molecular formula is C15H12F2N4O. The van der Waals surface area contributed by atoms with Crippen molar-refractivity contribution in [2.24, 2.45) is 0 Å². The number of hydrogen-bond acceptors (Lipinski definition) is 3. The van der Waals surface area contributed by atoms with Gasteiger partial charge in [0.25, 0.3) is 5.91 Å². The average molecular weight is 302 g/mol. The Bertz CT molecular complexity index is 846. The standard InChI is InChI=1S/C15H12F2N4O/c1-9(14-20-19-13-4-2-3-7-21(13)14)18-15(22)11-8-10(16)5-6-12(11)17/h2-9H,1H3,(H,18,22)/t9-/m1/s1. The van der Waals surface area contributed by atoms with Crippen LogP contribution in [-0.4, -0.2) is 20.5 Å². The van der Waals surface area contributed by atoms with Crippen molar-refractivity contribution in [3.8, 4) is 0 Å². The highest BCUT2D eigenvalue weighted by Crippen LogP contribution is 2.14. The maximum absolute atomic E-state index is 13.6. The van der Waals surface area contributed by atoms with E-state index in [1.807, 2.05) is 6.07 Å². The fraction of sp³-hybridized carbons (Fsp3) is 0.133. The fourth-order valence-corrected chi connectivity index (χ4v) is 2.17. The summed E-state index contributed by atoms with van der Waals surface area (Å²) in [6.07, 6.45) is 1.76. The molecule has 2 heterocycles. The molecule has 7 heteroatoms. The highest BCUT2D eigenvalue weighted by atomic mass is 19.1. The molecule has 0 bridgehead atoms. The van der Waals surface area contributed by atoms with E-state index in [4.69, 9.17) is 0 Å². The minimum Gasteiger partial charge on any atom is -0.342 e. The molecule has 3 rings (SSSR count). The Balaban J connectivity index is 1.86. The second-order valence-corrected chi connectivity index (χ2v) is 4.81. The summed E-state index contributed by atoms with van der Waals surface area (Å²) in [7, 11) is 0. The quantitative estimate of drug-likeness (QED) is 0.808. The summed E-state index contributed by atoms with van der Waals surface area (Å²) in [5.41, 5.74) is 0.288. The highest BCUT2D eigenvalue weighted by Gasteiger charge is 2.19. The van der Waals surface area contributed by atoms with Crippen molar-refractivity contribution in [3.05, 3.63) is 65.6 Å². The van der Waals surface area contributed by atoms with Crippen molar-refractivity contribution in [2.75, 3.05) is 0 Å². The van der Waals surface area contributed by atoms with Gasteiger partial charge < -0.3 is 5.32 Å². The SMILES string of the molecule is C[C@@H](NC(=O)c1cc(F)ccc1F)c1nnc2ccccn12. The molecule has 1 aromatic carbocycles. The van der Waals surface area contributed by atoms with Gasteiger partial charge in [-0.1, -0.05) is 6.07 Å². The van der Waals surface area contributed by atoms with E-state index in [0.29, 0.717) is 11.5 Å². The predicted molar refractivity (Wildman–Crippen MR) is 75.2 cm³/mol. The van der Waals surface area contributed by atoms with Crippen molar-refractivity contribution in [2.45, 2.75) is 13.0 Å². The summed E-state index contributed by atoms with van der Waals surface area (Å²) in [4.78, 5) is 12.1. The molecular weight excluding hydrogens is 290 g/mol. The van der Waals surface area contributed by atoms with Gasteiger partial charge in [-0.25, -0.2) is 8.78 Å². The Kier molecular flexibility index (Phi) is 3.54. The van der Waals surface area contributed by atoms with Gasteiger partial charge in [0, 0.05) is 6.20 Å². The van der Waals surface area contributed by atoms with Crippen LogP contribution in [0.1, 0.15) is 29.1 Å². The fourth-order valence-electron chi connectivity index (χ4n) is 2.17. The van der Waals surface area contributed by atoms with Crippen LogP contribution >= 0.6 is 0 Å². The summed E-state index contributed by atoms with van der Waals surface area (Å²) < 4.78 is 28.5. The van der Waals surface area contributed by atoms with Crippen LogP contribution in [0, 0.1) is 11.6 Å². The van der Waals surface area contributed by atoms with Crippen molar-refractivity contribution in [1.82, 2.24) is 19.9 Å². The molecule has 2 aromatic heterocycles.